The molecule has 0 amide bonds. The van der Waals surface area contributed by atoms with E-state index in [0.29, 0.717) is 11.1 Å². The van der Waals surface area contributed by atoms with Crippen LogP contribution < -0.4 is 0 Å². The second kappa shape index (κ2) is 4.29. The topological polar surface area (TPSA) is 76.3 Å². The van der Waals surface area contributed by atoms with Crippen molar-refractivity contribution in [3.05, 3.63) is 53.9 Å². The Morgan fingerprint density at radius 1 is 1.05 bits per heavy atom. The maximum absolute atomic E-state index is 9.24. The predicted octanol–water partition coefficient (Wildman–Crippen LogP) is 2.97. The van der Waals surface area contributed by atoms with Gasteiger partial charge >= 0.3 is 0 Å². The smallest absolute Gasteiger partial charge is 0.101 e. The first kappa shape index (κ1) is 11.0. The van der Waals surface area contributed by atoms with Crippen molar-refractivity contribution in [3.8, 4) is 23.3 Å². The molecule has 0 radical (unpaired) electrons. The fourth-order valence-electron chi connectivity index (χ4n) is 2.11. The number of hydrogen-bond acceptors (Lipinski definition) is 3. The molecule has 4 nitrogen and oxygen atoms in total. The van der Waals surface area contributed by atoms with Gasteiger partial charge < -0.3 is 4.98 Å². The number of fused-ring (bicyclic) bond motifs is 1. The average Bonchev–Trinajstić information content (AvgIpc) is 2.93. The van der Waals surface area contributed by atoms with E-state index in [-0.39, 0.29) is 0 Å². The van der Waals surface area contributed by atoms with Crippen LogP contribution in [0, 0.1) is 22.7 Å². The number of rotatable bonds is 1. The fourth-order valence-corrected chi connectivity index (χ4v) is 2.11. The molecule has 0 saturated carbocycles. The Kier molecular flexibility index (Phi) is 2.48. The van der Waals surface area contributed by atoms with Gasteiger partial charge in [-0.1, -0.05) is 18.2 Å². The van der Waals surface area contributed by atoms with Crippen LogP contribution in [0.5, 0.6) is 0 Å². The summed E-state index contributed by atoms with van der Waals surface area (Å²) in [5.41, 5.74) is 4.24. The van der Waals surface area contributed by atoms with Gasteiger partial charge in [0.25, 0.3) is 0 Å². The molecule has 0 bridgehead atoms. The highest BCUT2D eigenvalue weighted by atomic mass is 14.9. The molecule has 19 heavy (non-hydrogen) atoms. The molecule has 0 aliphatic heterocycles. The van der Waals surface area contributed by atoms with Crippen LogP contribution in [-0.2, 0) is 0 Å². The molecule has 0 spiro atoms. The molecule has 2 aromatic carbocycles. The van der Waals surface area contributed by atoms with Crippen molar-refractivity contribution in [2.24, 2.45) is 0 Å². The number of benzene rings is 2. The molecule has 88 valence electrons. The standard InChI is InChI=1S/C15H8N4/c16-7-11-2-1-3-12(13(11)8-17)10-4-5-14-15(6-10)19-9-18-14/h1-6,9H,(H,18,19). The van der Waals surface area contributed by atoms with Gasteiger partial charge in [-0.25, -0.2) is 4.98 Å². The molecule has 1 heterocycles. The van der Waals surface area contributed by atoms with E-state index in [1.807, 2.05) is 30.3 Å². The minimum atomic E-state index is 0.393. The second-order valence-corrected chi connectivity index (χ2v) is 4.09. The van der Waals surface area contributed by atoms with Crippen LogP contribution in [-0.4, -0.2) is 9.97 Å². The maximum Gasteiger partial charge on any atom is 0.101 e. The lowest BCUT2D eigenvalue weighted by Crippen LogP contribution is -1.89. The van der Waals surface area contributed by atoms with Crippen LogP contribution in [0.2, 0.25) is 0 Å². The molecule has 0 saturated heterocycles. The molecule has 3 aromatic rings. The molecule has 0 fully saturated rings. The van der Waals surface area contributed by atoms with E-state index < -0.39 is 0 Å². The number of nitriles is 2. The molecule has 0 atom stereocenters. The molecule has 0 aliphatic carbocycles. The maximum atomic E-state index is 9.24. The highest BCUT2D eigenvalue weighted by Crippen LogP contribution is 2.27. The van der Waals surface area contributed by atoms with E-state index in [1.165, 1.54) is 0 Å². The summed E-state index contributed by atoms with van der Waals surface area (Å²) < 4.78 is 0. The molecule has 1 aromatic heterocycles. The van der Waals surface area contributed by atoms with Gasteiger partial charge in [0.05, 0.1) is 28.5 Å². The van der Waals surface area contributed by atoms with Crippen LogP contribution in [0.4, 0.5) is 0 Å². The average molecular weight is 244 g/mol. The van der Waals surface area contributed by atoms with E-state index in [0.717, 1.165) is 22.2 Å². The summed E-state index contributed by atoms with van der Waals surface area (Å²) in [5.74, 6) is 0. The van der Waals surface area contributed by atoms with Crippen molar-refractivity contribution in [3.63, 3.8) is 0 Å². The number of aromatic amines is 1. The van der Waals surface area contributed by atoms with Crippen LogP contribution in [0.1, 0.15) is 11.1 Å². The van der Waals surface area contributed by atoms with E-state index in [9.17, 15) is 5.26 Å². The molecule has 3 rings (SSSR count). The van der Waals surface area contributed by atoms with Gasteiger partial charge in [0.1, 0.15) is 12.1 Å². The van der Waals surface area contributed by atoms with Crippen molar-refractivity contribution in [1.29, 1.82) is 10.5 Å². The zero-order valence-electron chi connectivity index (χ0n) is 9.88. The lowest BCUT2D eigenvalue weighted by atomic mass is 9.96. The highest BCUT2D eigenvalue weighted by molar-refractivity contribution is 5.83. The summed E-state index contributed by atoms with van der Waals surface area (Å²) in [4.78, 5) is 7.19. The van der Waals surface area contributed by atoms with Gasteiger partial charge in [-0.05, 0) is 23.8 Å². The SMILES string of the molecule is N#Cc1cccc(-c2ccc3nc[nH]c3c2)c1C#N. The first-order valence-electron chi connectivity index (χ1n) is 5.70. The van der Waals surface area contributed by atoms with Gasteiger partial charge in [-0.2, -0.15) is 10.5 Å². The van der Waals surface area contributed by atoms with Gasteiger partial charge in [0.15, 0.2) is 0 Å². The quantitative estimate of drug-likeness (QED) is 0.714. The molecule has 0 unspecified atom stereocenters. The molecular weight excluding hydrogens is 236 g/mol. The third-order valence-corrected chi connectivity index (χ3v) is 3.03. The van der Waals surface area contributed by atoms with E-state index in [2.05, 4.69) is 16.0 Å². The number of imidazole rings is 1. The van der Waals surface area contributed by atoms with Crippen molar-refractivity contribution in [2.75, 3.05) is 0 Å². The molecule has 0 aliphatic rings. The number of aromatic nitrogens is 2. The fraction of sp³-hybridized carbons (Fsp3) is 0. The first-order valence-corrected chi connectivity index (χ1v) is 5.70. The minimum Gasteiger partial charge on any atom is -0.345 e. The van der Waals surface area contributed by atoms with Crippen LogP contribution in [0.15, 0.2) is 42.7 Å². The number of hydrogen-bond donors (Lipinski definition) is 1. The summed E-state index contributed by atoms with van der Waals surface area (Å²) in [6.07, 6.45) is 1.63. The number of H-pyrrole nitrogens is 1. The van der Waals surface area contributed by atoms with E-state index >= 15 is 0 Å². The summed E-state index contributed by atoms with van der Waals surface area (Å²) in [7, 11) is 0. The van der Waals surface area contributed by atoms with Crippen LogP contribution >= 0.6 is 0 Å². The van der Waals surface area contributed by atoms with Crippen molar-refractivity contribution < 1.29 is 0 Å². The molecule has 1 N–H and O–H groups in total. The Hall–Kier alpha value is -3.11. The van der Waals surface area contributed by atoms with Crippen molar-refractivity contribution >= 4 is 11.0 Å². The Morgan fingerprint density at radius 3 is 2.74 bits per heavy atom. The summed E-state index contributed by atoms with van der Waals surface area (Å²) in [5, 5.41) is 18.3. The van der Waals surface area contributed by atoms with E-state index in [4.69, 9.17) is 5.26 Å². The normalized spacial score (nSPS) is 10.0. The minimum absolute atomic E-state index is 0.393. The molecule has 4 heteroatoms. The Balaban J connectivity index is 2.27. The largest absolute Gasteiger partial charge is 0.345 e. The van der Waals surface area contributed by atoms with E-state index in [1.54, 1.807) is 18.5 Å². The van der Waals surface area contributed by atoms with Crippen LogP contribution in [0.25, 0.3) is 22.2 Å². The second-order valence-electron chi connectivity index (χ2n) is 4.09. The summed E-state index contributed by atoms with van der Waals surface area (Å²) in [6, 6.07) is 15.2. The van der Waals surface area contributed by atoms with Crippen molar-refractivity contribution in [2.45, 2.75) is 0 Å². The van der Waals surface area contributed by atoms with Gasteiger partial charge in [0, 0.05) is 5.56 Å². The number of nitrogens with one attached hydrogen (secondary N) is 1. The lowest BCUT2D eigenvalue weighted by Gasteiger charge is -2.05. The lowest BCUT2D eigenvalue weighted by molar-refractivity contribution is 1.34. The Morgan fingerprint density at radius 2 is 1.95 bits per heavy atom. The van der Waals surface area contributed by atoms with Crippen molar-refractivity contribution in [1.82, 2.24) is 9.97 Å². The number of nitrogens with zero attached hydrogens (tertiary/aromatic N) is 3. The van der Waals surface area contributed by atoms with Gasteiger partial charge in [-0.3, -0.25) is 0 Å². The third kappa shape index (κ3) is 1.72. The van der Waals surface area contributed by atoms with Gasteiger partial charge in [0.2, 0.25) is 0 Å². The summed E-state index contributed by atoms with van der Waals surface area (Å²) in [6.45, 7) is 0. The van der Waals surface area contributed by atoms with Gasteiger partial charge in [-0.15, -0.1) is 0 Å². The zero-order chi connectivity index (χ0) is 13.2. The first-order chi connectivity index (χ1) is 9.33. The third-order valence-electron chi connectivity index (χ3n) is 3.03. The van der Waals surface area contributed by atoms with Crippen LogP contribution in [0.3, 0.4) is 0 Å². The Bertz CT molecular complexity index is 846. The summed E-state index contributed by atoms with van der Waals surface area (Å²) >= 11 is 0. The predicted molar refractivity (Wildman–Crippen MR) is 71.0 cm³/mol. The highest BCUT2D eigenvalue weighted by Gasteiger charge is 2.10. The monoisotopic (exact) mass is 244 g/mol. The Labute approximate surface area is 109 Å². The zero-order valence-corrected chi connectivity index (χ0v) is 9.88. The molecular formula is C15H8N4.